The van der Waals surface area contributed by atoms with Gasteiger partial charge in [-0.1, -0.05) is 48.0 Å². The summed E-state index contributed by atoms with van der Waals surface area (Å²) in [5.41, 5.74) is 2.48. The highest BCUT2D eigenvalue weighted by molar-refractivity contribution is 6.77. The van der Waals surface area contributed by atoms with Crippen LogP contribution in [-0.2, 0) is 9.16 Å². The second-order valence-electron chi connectivity index (χ2n) is 8.44. The number of esters is 1. The third kappa shape index (κ3) is 6.93. The molecule has 0 heterocycles. The van der Waals surface area contributed by atoms with Crippen LogP contribution < -0.4 is 4.74 Å². The molecule has 0 amide bonds. The zero-order chi connectivity index (χ0) is 21.2. The molecule has 28 heavy (non-hydrogen) atoms. The molecule has 0 aliphatic heterocycles. The molecule has 0 radical (unpaired) electrons. The number of rotatable bonds is 13. The van der Waals surface area contributed by atoms with Crippen LogP contribution in [0, 0.1) is 0 Å². The fourth-order valence-electron chi connectivity index (χ4n) is 4.30. The van der Waals surface area contributed by atoms with Crippen molar-refractivity contribution >= 4 is 14.3 Å². The van der Waals surface area contributed by atoms with Crippen molar-refractivity contribution in [2.75, 3.05) is 20.3 Å². The summed E-state index contributed by atoms with van der Waals surface area (Å²) >= 11 is 0. The summed E-state index contributed by atoms with van der Waals surface area (Å²) in [6.45, 7) is 15.6. The highest BCUT2D eigenvalue weighted by Gasteiger charge is 2.44. The van der Waals surface area contributed by atoms with Crippen molar-refractivity contribution in [2.24, 2.45) is 0 Å². The molecule has 0 fully saturated rings. The number of methoxy groups -OCH3 is 1. The van der Waals surface area contributed by atoms with Gasteiger partial charge in [-0.2, -0.15) is 0 Å². The standard InChI is InChI=1S/C23H40O4Si/c1-18(2)28(19(3)4,20(5)6)27-17-11-9-8-10-16-26-22-14-12-21(13-15-22)23(24)25-7/h12-15,18-20H,8-11,16-17H2,1-7H3. The maximum Gasteiger partial charge on any atom is 0.337 e. The third-order valence-corrected chi connectivity index (χ3v) is 11.8. The van der Waals surface area contributed by atoms with E-state index in [1.807, 2.05) is 12.1 Å². The van der Waals surface area contributed by atoms with E-state index < -0.39 is 8.32 Å². The number of hydrogen-bond donors (Lipinski definition) is 0. The number of benzene rings is 1. The second kappa shape index (κ2) is 12.3. The molecule has 0 atom stereocenters. The van der Waals surface area contributed by atoms with Gasteiger partial charge in [0.25, 0.3) is 0 Å². The molecule has 0 bridgehead atoms. The Balaban J connectivity index is 2.25. The zero-order valence-corrected chi connectivity index (χ0v) is 19.9. The minimum absolute atomic E-state index is 0.326. The fraction of sp³-hybridized carbons (Fsp3) is 0.696. The van der Waals surface area contributed by atoms with E-state index in [4.69, 9.17) is 13.9 Å². The zero-order valence-electron chi connectivity index (χ0n) is 18.9. The molecule has 160 valence electrons. The Hall–Kier alpha value is -1.33. The maximum absolute atomic E-state index is 11.4. The summed E-state index contributed by atoms with van der Waals surface area (Å²) in [5.74, 6) is 0.464. The van der Waals surface area contributed by atoms with Gasteiger partial charge < -0.3 is 13.9 Å². The Bertz CT molecular complexity index is 545. The molecule has 0 unspecified atom stereocenters. The Kier molecular flexibility index (Phi) is 10.8. The molecule has 0 spiro atoms. The van der Waals surface area contributed by atoms with E-state index in [9.17, 15) is 4.79 Å². The first-order valence-electron chi connectivity index (χ1n) is 10.7. The SMILES string of the molecule is COC(=O)c1ccc(OCCCCCCO[Si](C(C)C)(C(C)C)C(C)C)cc1. The highest BCUT2D eigenvalue weighted by atomic mass is 28.4. The van der Waals surface area contributed by atoms with Crippen molar-refractivity contribution < 1.29 is 18.7 Å². The molecular weight excluding hydrogens is 368 g/mol. The summed E-state index contributed by atoms with van der Waals surface area (Å²) in [4.78, 5) is 11.4. The largest absolute Gasteiger partial charge is 0.494 e. The third-order valence-electron chi connectivity index (χ3n) is 5.64. The summed E-state index contributed by atoms with van der Waals surface area (Å²) in [5, 5.41) is 0. The van der Waals surface area contributed by atoms with Gasteiger partial charge in [-0.25, -0.2) is 4.79 Å². The van der Waals surface area contributed by atoms with Crippen molar-refractivity contribution in [1.82, 2.24) is 0 Å². The molecule has 0 saturated heterocycles. The van der Waals surface area contributed by atoms with Crippen LogP contribution in [0.1, 0.15) is 77.6 Å². The minimum atomic E-state index is -1.72. The van der Waals surface area contributed by atoms with E-state index >= 15 is 0 Å². The minimum Gasteiger partial charge on any atom is -0.494 e. The summed E-state index contributed by atoms with van der Waals surface area (Å²) in [6, 6.07) is 7.09. The van der Waals surface area contributed by atoms with Crippen LogP contribution in [0.2, 0.25) is 16.6 Å². The highest BCUT2D eigenvalue weighted by Crippen LogP contribution is 2.42. The lowest BCUT2D eigenvalue weighted by Crippen LogP contribution is -2.47. The van der Waals surface area contributed by atoms with Crippen LogP contribution in [0.3, 0.4) is 0 Å². The van der Waals surface area contributed by atoms with Crippen LogP contribution in [-0.4, -0.2) is 34.6 Å². The Morgan fingerprint density at radius 3 is 1.79 bits per heavy atom. The Morgan fingerprint density at radius 1 is 0.821 bits per heavy atom. The topological polar surface area (TPSA) is 44.8 Å². The summed E-state index contributed by atoms with van der Waals surface area (Å²) in [7, 11) is -0.337. The quantitative estimate of drug-likeness (QED) is 0.209. The van der Waals surface area contributed by atoms with Crippen LogP contribution in [0.4, 0.5) is 0 Å². The van der Waals surface area contributed by atoms with Gasteiger partial charge in [-0.15, -0.1) is 0 Å². The molecular formula is C23H40O4Si. The maximum atomic E-state index is 11.4. The van der Waals surface area contributed by atoms with Gasteiger partial charge in [0.05, 0.1) is 19.3 Å². The monoisotopic (exact) mass is 408 g/mol. The lowest BCUT2D eigenvalue weighted by molar-refractivity contribution is 0.0600. The van der Waals surface area contributed by atoms with Gasteiger partial charge in [0.15, 0.2) is 8.32 Å². The Morgan fingerprint density at radius 2 is 1.32 bits per heavy atom. The Labute approximate surface area is 173 Å². The van der Waals surface area contributed by atoms with Crippen molar-refractivity contribution in [3.05, 3.63) is 29.8 Å². The number of carbonyl (C=O) groups excluding carboxylic acids is 1. The molecule has 5 heteroatoms. The molecule has 0 N–H and O–H groups in total. The fourth-order valence-corrected chi connectivity index (χ4v) is 9.80. The number of carbonyl (C=O) groups is 1. The molecule has 1 aromatic carbocycles. The van der Waals surface area contributed by atoms with Crippen molar-refractivity contribution in [3.8, 4) is 5.75 Å². The van der Waals surface area contributed by atoms with Gasteiger partial charge in [0.2, 0.25) is 0 Å². The molecule has 0 aliphatic rings. The average molecular weight is 409 g/mol. The molecule has 1 aromatic rings. The lowest BCUT2D eigenvalue weighted by Gasteiger charge is -2.42. The van der Waals surface area contributed by atoms with Crippen LogP contribution in [0.5, 0.6) is 5.75 Å². The summed E-state index contributed by atoms with van der Waals surface area (Å²) in [6.07, 6.45) is 4.46. The van der Waals surface area contributed by atoms with Crippen molar-refractivity contribution in [2.45, 2.75) is 83.8 Å². The molecule has 0 aromatic heterocycles. The number of hydrogen-bond acceptors (Lipinski definition) is 4. The van der Waals surface area contributed by atoms with Crippen LogP contribution in [0.25, 0.3) is 0 Å². The van der Waals surface area contributed by atoms with Crippen LogP contribution in [0.15, 0.2) is 24.3 Å². The molecule has 0 aliphatic carbocycles. The predicted octanol–water partition coefficient (Wildman–Crippen LogP) is 6.60. The number of ether oxygens (including phenoxy) is 2. The number of unbranched alkanes of at least 4 members (excludes halogenated alkanes) is 3. The lowest BCUT2D eigenvalue weighted by atomic mass is 10.2. The van der Waals surface area contributed by atoms with E-state index in [1.165, 1.54) is 13.5 Å². The van der Waals surface area contributed by atoms with E-state index in [0.29, 0.717) is 28.8 Å². The predicted molar refractivity (Wildman–Crippen MR) is 119 cm³/mol. The molecule has 4 nitrogen and oxygen atoms in total. The van der Waals surface area contributed by atoms with Crippen molar-refractivity contribution in [3.63, 3.8) is 0 Å². The van der Waals surface area contributed by atoms with Gasteiger partial charge >= 0.3 is 5.97 Å². The normalized spacial score (nSPS) is 12.1. The van der Waals surface area contributed by atoms with Gasteiger partial charge in [0, 0.05) is 6.61 Å². The van der Waals surface area contributed by atoms with Gasteiger partial charge in [-0.3, -0.25) is 0 Å². The van der Waals surface area contributed by atoms with Gasteiger partial charge in [0.1, 0.15) is 5.75 Å². The van der Waals surface area contributed by atoms with E-state index in [1.54, 1.807) is 12.1 Å². The first-order chi connectivity index (χ1) is 13.3. The second-order valence-corrected chi connectivity index (χ2v) is 13.9. The van der Waals surface area contributed by atoms with Gasteiger partial charge in [-0.05, 0) is 60.2 Å². The van der Waals surface area contributed by atoms with E-state index in [0.717, 1.165) is 31.6 Å². The van der Waals surface area contributed by atoms with E-state index in [2.05, 4.69) is 41.5 Å². The first kappa shape index (κ1) is 24.7. The first-order valence-corrected chi connectivity index (χ1v) is 12.8. The van der Waals surface area contributed by atoms with Crippen LogP contribution >= 0.6 is 0 Å². The average Bonchev–Trinajstić information content (AvgIpc) is 2.65. The smallest absolute Gasteiger partial charge is 0.337 e. The summed E-state index contributed by atoms with van der Waals surface area (Å²) < 4.78 is 17.0. The molecule has 1 rings (SSSR count). The molecule has 0 saturated carbocycles. The van der Waals surface area contributed by atoms with Crippen molar-refractivity contribution in [1.29, 1.82) is 0 Å². The van der Waals surface area contributed by atoms with E-state index in [-0.39, 0.29) is 5.97 Å².